The molecule has 13 heteroatoms. The first-order valence-corrected chi connectivity index (χ1v) is 17.6. The van der Waals surface area contributed by atoms with Gasteiger partial charge in [0.1, 0.15) is 5.82 Å². The molecule has 258 valence electrons. The van der Waals surface area contributed by atoms with Crippen molar-refractivity contribution in [2.75, 3.05) is 45.8 Å². The quantitative estimate of drug-likeness (QED) is 0.271. The lowest BCUT2D eigenvalue weighted by atomic mass is 9.87. The normalized spacial score (nSPS) is 26.3. The van der Waals surface area contributed by atoms with Crippen molar-refractivity contribution in [2.24, 2.45) is 5.92 Å². The first kappa shape index (κ1) is 34.7. The number of nitrogens with zero attached hydrogens (tertiary/aromatic N) is 2. The molecule has 48 heavy (non-hydrogen) atoms. The van der Waals surface area contributed by atoms with E-state index in [1.807, 2.05) is 24.3 Å². The minimum atomic E-state index is -0.767. The Morgan fingerprint density at radius 1 is 1.04 bits per heavy atom. The Bertz CT molecular complexity index is 1640. The van der Waals surface area contributed by atoms with Crippen molar-refractivity contribution >= 4 is 56.5 Å². The van der Waals surface area contributed by atoms with Crippen LogP contribution in [0, 0.1) is 11.7 Å². The highest BCUT2D eigenvalue weighted by molar-refractivity contribution is 7.17. The molecule has 1 aliphatic carbocycles. The second kappa shape index (κ2) is 15.2. The number of hydrogen-bond donors (Lipinski definition) is 2. The summed E-state index contributed by atoms with van der Waals surface area (Å²) >= 11 is 7.98. The molecule has 2 saturated heterocycles. The third kappa shape index (κ3) is 7.54. The summed E-state index contributed by atoms with van der Waals surface area (Å²) in [5.74, 6) is -2.39. The summed E-state index contributed by atoms with van der Waals surface area (Å²) in [5.41, 5.74) is 0.745. The summed E-state index contributed by atoms with van der Waals surface area (Å²) in [4.78, 5) is 42.4. The molecule has 2 amide bonds. The van der Waals surface area contributed by atoms with Gasteiger partial charge in [-0.15, -0.1) is 11.3 Å². The van der Waals surface area contributed by atoms with Gasteiger partial charge < -0.3 is 29.5 Å². The Morgan fingerprint density at radius 3 is 2.44 bits per heavy atom. The number of carbonyl (C=O) groups is 3. The average molecular weight is 702 g/mol. The highest BCUT2D eigenvalue weighted by Gasteiger charge is 2.43. The van der Waals surface area contributed by atoms with Gasteiger partial charge in [-0.2, -0.15) is 0 Å². The largest absolute Gasteiger partial charge is 0.481 e. The van der Waals surface area contributed by atoms with E-state index in [1.54, 1.807) is 24.5 Å². The molecule has 10 nitrogen and oxygen atoms in total. The van der Waals surface area contributed by atoms with Crippen LogP contribution in [0.25, 0.3) is 10.1 Å². The van der Waals surface area contributed by atoms with Crippen LogP contribution in [0.2, 0.25) is 5.02 Å². The maximum Gasteiger partial charge on any atom is 0.306 e. The second-order valence-corrected chi connectivity index (χ2v) is 14.3. The molecule has 2 N–H and O–H groups in total. The van der Waals surface area contributed by atoms with Crippen LogP contribution < -0.4 is 5.32 Å². The van der Waals surface area contributed by atoms with Crippen molar-refractivity contribution in [3.63, 3.8) is 0 Å². The molecule has 1 aromatic heterocycles. The number of rotatable bonds is 11. The van der Waals surface area contributed by atoms with Gasteiger partial charge in [-0.3, -0.25) is 19.3 Å². The Balaban J connectivity index is 1.14. The number of amides is 2. The summed E-state index contributed by atoms with van der Waals surface area (Å²) in [6.07, 6.45) is 2.71. The molecule has 1 saturated carbocycles. The number of aliphatic carboxylic acids is 1. The van der Waals surface area contributed by atoms with Crippen molar-refractivity contribution in [1.82, 2.24) is 9.80 Å². The number of carboxylic acids is 1. The lowest BCUT2D eigenvalue weighted by molar-refractivity contribution is -0.144. The zero-order valence-electron chi connectivity index (χ0n) is 27.0. The molecule has 0 radical (unpaired) electrons. The van der Waals surface area contributed by atoms with Crippen LogP contribution in [-0.2, 0) is 30.2 Å². The van der Waals surface area contributed by atoms with Gasteiger partial charge in [-0.1, -0.05) is 29.8 Å². The number of fused-ring (bicyclic) bond motifs is 1. The molecule has 3 heterocycles. The third-order valence-electron chi connectivity index (χ3n) is 10.1. The molecule has 3 aromatic rings. The fraction of sp³-hybridized carbons (Fsp3) is 0.514. The number of ether oxygens (including phenoxy) is 3. The number of carbonyl (C=O) groups excluding carboxylic acids is 2. The number of anilines is 1. The molecule has 2 aromatic carbocycles. The number of likely N-dealkylation sites (tertiary alicyclic amines) is 2. The van der Waals surface area contributed by atoms with Crippen LogP contribution >= 0.6 is 22.9 Å². The SMILES string of the molecule is CO[C@H]1CN([C@H]2C[C@@H](COC3CCC(C(=O)O)CC3)N(C(=O)Cc3cc(Cl)c(NC(=O)c4csc5ccccc45)cc3F)C2)C[C@H]1OC. The van der Waals surface area contributed by atoms with Crippen LogP contribution in [0.4, 0.5) is 10.1 Å². The minimum absolute atomic E-state index is 0.0438. The molecule has 3 aliphatic rings. The van der Waals surface area contributed by atoms with Crippen molar-refractivity contribution in [1.29, 1.82) is 0 Å². The summed E-state index contributed by atoms with van der Waals surface area (Å²) in [7, 11) is 3.34. The van der Waals surface area contributed by atoms with Crippen molar-refractivity contribution in [3.8, 4) is 0 Å². The van der Waals surface area contributed by atoms with E-state index in [1.165, 1.54) is 17.4 Å². The minimum Gasteiger partial charge on any atom is -0.481 e. The highest BCUT2D eigenvalue weighted by atomic mass is 35.5. The van der Waals surface area contributed by atoms with E-state index in [-0.39, 0.29) is 64.9 Å². The number of nitrogens with one attached hydrogen (secondary N) is 1. The summed E-state index contributed by atoms with van der Waals surface area (Å²) in [5, 5.41) is 14.8. The maximum atomic E-state index is 15.5. The van der Waals surface area contributed by atoms with Gasteiger partial charge in [0.25, 0.3) is 5.91 Å². The molecular weight excluding hydrogens is 661 g/mol. The molecule has 0 bridgehead atoms. The second-order valence-electron chi connectivity index (χ2n) is 12.9. The Labute approximate surface area is 288 Å². The lowest BCUT2D eigenvalue weighted by Gasteiger charge is -2.30. The van der Waals surface area contributed by atoms with Gasteiger partial charge in [-0.25, -0.2) is 4.39 Å². The molecule has 2 aliphatic heterocycles. The lowest BCUT2D eigenvalue weighted by Crippen LogP contribution is -2.41. The summed E-state index contributed by atoms with van der Waals surface area (Å²) < 4.78 is 34.0. The Hall–Kier alpha value is -3.13. The van der Waals surface area contributed by atoms with E-state index in [0.29, 0.717) is 63.9 Å². The van der Waals surface area contributed by atoms with Crippen LogP contribution in [0.5, 0.6) is 0 Å². The van der Waals surface area contributed by atoms with Crippen LogP contribution in [0.3, 0.4) is 0 Å². The van der Waals surface area contributed by atoms with Gasteiger partial charge in [-0.05, 0) is 55.9 Å². The van der Waals surface area contributed by atoms with Gasteiger partial charge in [0, 0.05) is 55.4 Å². The molecule has 0 unspecified atom stereocenters. The molecule has 4 atom stereocenters. The first-order valence-electron chi connectivity index (χ1n) is 16.3. The average Bonchev–Trinajstić information content (AvgIpc) is 3.83. The number of carboxylic acid groups (broad SMARTS) is 1. The maximum absolute atomic E-state index is 15.5. The number of benzene rings is 2. The smallest absolute Gasteiger partial charge is 0.306 e. The topological polar surface area (TPSA) is 118 Å². The van der Waals surface area contributed by atoms with Gasteiger partial charge in [0.15, 0.2) is 0 Å². The number of thiophene rings is 1. The Kier molecular flexibility index (Phi) is 11.0. The fourth-order valence-corrected chi connectivity index (χ4v) is 8.47. The molecular formula is C35H41ClFN3O7S. The van der Waals surface area contributed by atoms with Gasteiger partial charge in [0.2, 0.25) is 5.91 Å². The highest BCUT2D eigenvalue weighted by Crippen LogP contribution is 2.33. The van der Waals surface area contributed by atoms with Gasteiger partial charge >= 0.3 is 5.97 Å². The summed E-state index contributed by atoms with van der Waals surface area (Å²) in [6, 6.07) is 9.92. The third-order valence-corrected chi connectivity index (χ3v) is 11.4. The zero-order valence-corrected chi connectivity index (χ0v) is 28.6. The molecule has 3 fully saturated rings. The van der Waals surface area contributed by atoms with E-state index < -0.39 is 17.7 Å². The standard InChI is InChI=1S/C35H41ClFN3O7S/c1-45-30-16-39(17-31(30)46-2)22-13-23(18-47-24-9-7-20(8-10-24)35(43)44)40(15-22)33(41)12-21-11-27(36)29(14-28(21)37)38-34(42)26-19-48-32-6-4-3-5-25(26)32/h3-6,11,14,19-20,22-24,30-31H,7-10,12-13,15-18H2,1-2H3,(H,38,42)(H,43,44)/t20?,22-,23-,24?,30-,31+/m0/s1. The van der Waals surface area contributed by atoms with Gasteiger partial charge in [0.05, 0.1) is 59.6 Å². The fourth-order valence-electron chi connectivity index (χ4n) is 7.29. The molecule has 0 spiro atoms. The summed E-state index contributed by atoms with van der Waals surface area (Å²) in [6.45, 7) is 2.11. The number of halogens is 2. The van der Waals surface area contributed by atoms with Crippen molar-refractivity contribution in [2.45, 2.75) is 68.9 Å². The van der Waals surface area contributed by atoms with E-state index >= 15 is 4.39 Å². The van der Waals surface area contributed by atoms with E-state index in [9.17, 15) is 19.5 Å². The zero-order chi connectivity index (χ0) is 33.9. The van der Waals surface area contributed by atoms with Crippen LogP contribution in [0.15, 0.2) is 41.8 Å². The van der Waals surface area contributed by atoms with Crippen LogP contribution in [-0.4, -0.2) is 104 Å². The predicted octanol–water partition coefficient (Wildman–Crippen LogP) is 5.46. The van der Waals surface area contributed by atoms with E-state index in [4.69, 9.17) is 25.8 Å². The van der Waals surface area contributed by atoms with E-state index in [0.717, 1.165) is 16.2 Å². The van der Waals surface area contributed by atoms with Crippen molar-refractivity contribution < 1.29 is 38.1 Å². The van der Waals surface area contributed by atoms with Crippen molar-refractivity contribution in [3.05, 3.63) is 63.7 Å². The van der Waals surface area contributed by atoms with Crippen LogP contribution in [0.1, 0.15) is 48.0 Å². The molecule has 6 rings (SSSR count). The number of hydrogen-bond acceptors (Lipinski definition) is 8. The first-order chi connectivity index (χ1) is 23.1. The Morgan fingerprint density at radius 2 is 1.75 bits per heavy atom. The van der Waals surface area contributed by atoms with E-state index in [2.05, 4.69) is 10.2 Å². The monoisotopic (exact) mass is 701 g/mol. The number of methoxy groups -OCH3 is 2. The predicted molar refractivity (Wildman–Crippen MR) is 181 cm³/mol.